The normalized spacial score (nSPS) is 29.7. The molecule has 2 heterocycles. The Morgan fingerprint density at radius 1 is 1.35 bits per heavy atom. The maximum absolute atomic E-state index is 12.6. The monoisotopic (exact) mass is 317 g/mol. The third kappa shape index (κ3) is 2.47. The van der Waals surface area contributed by atoms with Crippen molar-refractivity contribution < 1.29 is 19.4 Å². The van der Waals surface area contributed by atoms with Crippen LogP contribution in [0.5, 0.6) is 11.5 Å². The summed E-state index contributed by atoms with van der Waals surface area (Å²) in [5, 5.41) is 11.0. The average molecular weight is 317 g/mol. The van der Waals surface area contributed by atoms with Crippen LogP contribution in [0.3, 0.4) is 0 Å². The molecule has 1 aromatic rings. The standard InChI is InChI=1S/C18H23NO4/c1-12-9-19(10-18(12,21)14-3-2-4-14)17(20)8-13-5-6-15-16(7-13)23-11-22-15/h5-7,12,14,21H,2-4,8-11H2,1H3/t12-,18+/m1/s1. The quantitative estimate of drug-likeness (QED) is 0.926. The molecule has 1 amide bonds. The topological polar surface area (TPSA) is 59.0 Å². The van der Waals surface area contributed by atoms with E-state index in [1.807, 2.05) is 23.1 Å². The van der Waals surface area contributed by atoms with Crippen LogP contribution >= 0.6 is 0 Å². The fraction of sp³-hybridized carbons (Fsp3) is 0.611. The van der Waals surface area contributed by atoms with Crippen molar-refractivity contribution in [2.45, 2.75) is 38.2 Å². The summed E-state index contributed by atoms with van der Waals surface area (Å²) in [6, 6.07) is 5.63. The van der Waals surface area contributed by atoms with Gasteiger partial charge in [0.15, 0.2) is 11.5 Å². The van der Waals surface area contributed by atoms with Crippen LogP contribution in [0.4, 0.5) is 0 Å². The first-order valence-electron chi connectivity index (χ1n) is 8.45. The number of carbonyl (C=O) groups is 1. The Kier molecular flexibility index (Phi) is 3.48. The molecule has 1 N–H and O–H groups in total. The van der Waals surface area contributed by atoms with Crippen LogP contribution in [0, 0.1) is 11.8 Å². The van der Waals surface area contributed by atoms with Gasteiger partial charge in [0.25, 0.3) is 0 Å². The van der Waals surface area contributed by atoms with E-state index in [9.17, 15) is 9.90 Å². The predicted molar refractivity (Wildman–Crippen MR) is 84.3 cm³/mol. The van der Waals surface area contributed by atoms with Crippen LogP contribution < -0.4 is 9.47 Å². The fourth-order valence-electron chi connectivity index (χ4n) is 3.98. The van der Waals surface area contributed by atoms with Gasteiger partial charge in [-0.2, -0.15) is 0 Å². The molecule has 1 saturated carbocycles. The highest BCUT2D eigenvalue weighted by Crippen LogP contribution is 2.44. The first-order valence-corrected chi connectivity index (χ1v) is 8.45. The van der Waals surface area contributed by atoms with Crippen LogP contribution in [0.1, 0.15) is 31.7 Å². The lowest BCUT2D eigenvalue weighted by molar-refractivity contribution is -0.131. The number of likely N-dealkylation sites (tertiary alicyclic amines) is 1. The summed E-state index contributed by atoms with van der Waals surface area (Å²) >= 11 is 0. The lowest BCUT2D eigenvalue weighted by Crippen LogP contribution is -2.48. The number of aliphatic hydroxyl groups is 1. The zero-order valence-corrected chi connectivity index (χ0v) is 13.5. The van der Waals surface area contributed by atoms with Gasteiger partial charge in [-0.1, -0.05) is 19.4 Å². The van der Waals surface area contributed by atoms with Crippen molar-refractivity contribution in [3.05, 3.63) is 23.8 Å². The number of nitrogens with zero attached hydrogens (tertiary/aromatic N) is 1. The zero-order chi connectivity index (χ0) is 16.0. The Hall–Kier alpha value is -1.75. The van der Waals surface area contributed by atoms with E-state index in [-0.39, 0.29) is 18.6 Å². The van der Waals surface area contributed by atoms with Gasteiger partial charge in [-0.3, -0.25) is 4.79 Å². The third-order valence-corrected chi connectivity index (χ3v) is 5.75. The van der Waals surface area contributed by atoms with Gasteiger partial charge in [-0.25, -0.2) is 0 Å². The molecule has 3 aliphatic rings. The number of ether oxygens (including phenoxy) is 2. The summed E-state index contributed by atoms with van der Waals surface area (Å²) in [5.74, 6) is 2.02. The minimum absolute atomic E-state index is 0.0750. The van der Waals surface area contributed by atoms with E-state index >= 15 is 0 Å². The number of carbonyl (C=O) groups excluding carboxylic acids is 1. The van der Waals surface area contributed by atoms with Gasteiger partial charge >= 0.3 is 0 Å². The van der Waals surface area contributed by atoms with Gasteiger partial charge in [-0.15, -0.1) is 0 Å². The molecule has 0 spiro atoms. The molecular formula is C18H23NO4. The molecule has 1 saturated heterocycles. The van der Waals surface area contributed by atoms with Crippen molar-refractivity contribution in [1.29, 1.82) is 0 Å². The largest absolute Gasteiger partial charge is 0.454 e. The minimum Gasteiger partial charge on any atom is -0.454 e. The summed E-state index contributed by atoms with van der Waals surface area (Å²) in [6.45, 7) is 3.43. The number of hydrogen-bond acceptors (Lipinski definition) is 4. The molecule has 2 aliphatic heterocycles. The highest BCUT2D eigenvalue weighted by Gasteiger charge is 2.50. The van der Waals surface area contributed by atoms with E-state index in [1.165, 1.54) is 6.42 Å². The number of β-amino-alcohol motifs (C(OH)–C–C–N with tert-alkyl or cyclic N) is 1. The van der Waals surface area contributed by atoms with Crippen molar-refractivity contribution in [1.82, 2.24) is 4.90 Å². The Labute approximate surface area is 136 Å². The molecule has 0 radical (unpaired) electrons. The summed E-state index contributed by atoms with van der Waals surface area (Å²) < 4.78 is 10.7. The highest BCUT2D eigenvalue weighted by molar-refractivity contribution is 5.79. The summed E-state index contributed by atoms with van der Waals surface area (Å²) in [6.07, 6.45) is 3.71. The fourth-order valence-corrected chi connectivity index (χ4v) is 3.98. The molecule has 2 atom stereocenters. The predicted octanol–water partition coefficient (Wildman–Crippen LogP) is 1.97. The van der Waals surface area contributed by atoms with Crippen molar-refractivity contribution in [3.8, 4) is 11.5 Å². The second-order valence-corrected chi connectivity index (χ2v) is 7.16. The zero-order valence-electron chi connectivity index (χ0n) is 13.5. The SMILES string of the molecule is C[C@@H]1CN(C(=O)Cc2ccc3c(c2)OCO3)C[C@@]1(O)C1CCC1. The van der Waals surface area contributed by atoms with Gasteiger partial charge in [0.05, 0.1) is 12.0 Å². The Bertz CT molecular complexity index is 627. The maximum Gasteiger partial charge on any atom is 0.231 e. The van der Waals surface area contributed by atoms with Crippen LogP contribution in [0.25, 0.3) is 0 Å². The number of amides is 1. The van der Waals surface area contributed by atoms with Gasteiger partial charge in [0.2, 0.25) is 12.7 Å². The molecule has 0 bridgehead atoms. The maximum atomic E-state index is 12.6. The second-order valence-electron chi connectivity index (χ2n) is 7.16. The van der Waals surface area contributed by atoms with E-state index in [0.717, 1.165) is 24.2 Å². The smallest absolute Gasteiger partial charge is 0.231 e. The van der Waals surface area contributed by atoms with E-state index < -0.39 is 5.60 Å². The second kappa shape index (κ2) is 5.41. The molecule has 5 heteroatoms. The molecule has 23 heavy (non-hydrogen) atoms. The van der Waals surface area contributed by atoms with Gasteiger partial charge < -0.3 is 19.5 Å². The van der Waals surface area contributed by atoms with Crippen molar-refractivity contribution >= 4 is 5.91 Å². The molecule has 5 nitrogen and oxygen atoms in total. The number of benzene rings is 1. The van der Waals surface area contributed by atoms with Gasteiger partial charge in [0, 0.05) is 19.0 Å². The van der Waals surface area contributed by atoms with Crippen LogP contribution in [-0.2, 0) is 11.2 Å². The van der Waals surface area contributed by atoms with Crippen LogP contribution in [0.2, 0.25) is 0 Å². The number of rotatable bonds is 3. The average Bonchev–Trinajstić information content (AvgIpc) is 3.02. The first kappa shape index (κ1) is 14.8. The summed E-state index contributed by atoms with van der Waals surface area (Å²) in [5.41, 5.74) is 0.231. The lowest BCUT2D eigenvalue weighted by Gasteiger charge is -2.41. The molecule has 0 aromatic heterocycles. The molecule has 0 unspecified atom stereocenters. The van der Waals surface area contributed by atoms with Crippen molar-refractivity contribution in [2.75, 3.05) is 19.9 Å². The van der Waals surface area contributed by atoms with Crippen LogP contribution in [-0.4, -0.2) is 41.4 Å². The molecule has 4 rings (SSSR count). The third-order valence-electron chi connectivity index (χ3n) is 5.75. The Balaban J connectivity index is 1.43. The van der Waals surface area contributed by atoms with Crippen molar-refractivity contribution in [2.24, 2.45) is 11.8 Å². The molecule has 1 aliphatic carbocycles. The lowest BCUT2D eigenvalue weighted by atomic mass is 9.69. The van der Waals surface area contributed by atoms with E-state index in [2.05, 4.69) is 6.92 Å². The van der Waals surface area contributed by atoms with Gasteiger partial charge in [-0.05, 0) is 36.5 Å². The number of hydrogen-bond donors (Lipinski definition) is 1. The van der Waals surface area contributed by atoms with Crippen LogP contribution in [0.15, 0.2) is 18.2 Å². The van der Waals surface area contributed by atoms with Gasteiger partial charge in [0.1, 0.15) is 0 Å². The van der Waals surface area contributed by atoms with E-state index in [0.29, 0.717) is 31.2 Å². The first-order chi connectivity index (χ1) is 11.1. The molecular weight excluding hydrogens is 294 g/mol. The summed E-state index contributed by atoms with van der Waals surface area (Å²) in [4.78, 5) is 14.4. The Morgan fingerprint density at radius 2 is 2.13 bits per heavy atom. The molecule has 2 fully saturated rings. The molecule has 1 aromatic carbocycles. The van der Waals surface area contributed by atoms with E-state index in [1.54, 1.807) is 0 Å². The Morgan fingerprint density at radius 3 is 2.87 bits per heavy atom. The van der Waals surface area contributed by atoms with Crippen molar-refractivity contribution in [3.63, 3.8) is 0 Å². The van der Waals surface area contributed by atoms with E-state index in [4.69, 9.17) is 9.47 Å². The minimum atomic E-state index is -0.692. The number of fused-ring (bicyclic) bond motifs is 1. The highest BCUT2D eigenvalue weighted by atomic mass is 16.7. The summed E-state index contributed by atoms with van der Waals surface area (Å²) in [7, 11) is 0. The molecule has 124 valence electrons.